The van der Waals surface area contributed by atoms with Crippen LogP contribution in [0.4, 0.5) is 11.4 Å². The predicted octanol–water partition coefficient (Wildman–Crippen LogP) is 3.01. The van der Waals surface area contributed by atoms with Gasteiger partial charge in [-0.2, -0.15) is 0 Å². The number of hydrogen-bond acceptors (Lipinski definition) is 5. The molecule has 1 N–H and O–H groups in total. The third-order valence-corrected chi connectivity index (χ3v) is 7.07. The van der Waals surface area contributed by atoms with E-state index in [1.165, 1.54) is 12.1 Å². The number of rotatable bonds is 5. The summed E-state index contributed by atoms with van der Waals surface area (Å²) in [5, 5.41) is 0. The van der Waals surface area contributed by atoms with Gasteiger partial charge >= 0.3 is 4.87 Å². The van der Waals surface area contributed by atoms with Gasteiger partial charge in [-0.3, -0.25) is 18.9 Å². The van der Waals surface area contributed by atoms with Gasteiger partial charge in [-0.25, -0.2) is 8.42 Å². The van der Waals surface area contributed by atoms with Crippen LogP contribution in [-0.4, -0.2) is 25.4 Å². The van der Waals surface area contributed by atoms with Crippen molar-refractivity contribution in [3.8, 4) is 0 Å². The maximum absolute atomic E-state index is 12.8. The zero-order valence-corrected chi connectivity index (χ0v) is 16.8. The van der Waals surface area contributed by atoms with Gasteiger partial charge in [-0.15, -0.1) is 0 Å². The Morgan fingerprint density at radius 2 is 1.96 bits per heavy atom. The van der Waals surface area contributed by atoms with Crippen LogP contribution in [0.2, 0.25) is 0 Å². The highest BCUT2D eigenvalue weighted by atomic mass is 32.2. The number of amides is 1. The molecule has 0 unspecified atom stereocenters. The molecule has 0 bridgehead atoms. The Labute approximate surface area is 166 Å². The molecule has 0 atom stereocenters. The molecule has 1 aliphatic heterocycles. The summed E-state index contributed by atoms with van der Waals surface area (Å²) in [6.45, 7) is 3.04. The number of nitrogens with one attached hydrogen (secondary N) is 1. The number of aromatic nitrogens is 1. The van der Waals surface area contributed by atoms with Crippen LogP contribution in [0.25, 0.3) is 10.2 Å². The molecule has 7 nitrogen and oxygen atoms in total. The molecule has 0 spiro atoms. The second-order valence-corrected chi connectivity index (χ2v) is 9.22. The van der Waals surface area contributed by atoms with Crippen LogP contribution >= 0.6 is 11.3 Å². The molecule has 0 radical (unpaired) electrons. The van der Waals surface area contributed by atoms with Crippen molar-refractivity contribution in [1.82, 2.24) is 4.57 Å². The lowest BCUT2D eigenvalue weighted by Gasteiger charge is -2.17. The van der Waals surface area contributed by atoms with Crippen molar-refractivity contribution >= 4 is 48.9 Å². The topological polar surface area (TPSA) is 88.5 Å². The predicted molar refractivity (Wildman–Crippen MR) is 111 cm³/mol. The van der Waals surface area contributed by atoms with E-state index in [-0.39, 0.29) is 15.7 Å². The minimum Gasteiger partial charge on any atom is -0.312 e. The molecule has 1 saturated heterocycles. The third-order valence-electron chi connectivity index (χ3n) is 4.75. The van der Waals surface area contributed by atoms with Gasteiger partial charge in [0.25, 0.3) is 10.0 Å². The summed E-state index contributed by atoms with van der Waals surface area (Å²) in [6, 6.07) is 11.5. The van der Waals surface area contributed by atoms with Gasteiger partial charge in [0.15, 0.2) is 0 Å². The first-order valence-corrected chi connectivity index (χ1v) is 11.3. The molecule has 1 amide bonds. The Hall–Kier alpha value is -2.65. The average Bonchev–Trinajstić information content (AvgIpc) is 3.22. The SMILES string of the molecule is CCn1c(=O)sc2cc(S(=O)(=O)Nc3cccc(N4CCCC4=O)c3)ccc21. The normalized spacial score (nSPS) is 14.8. The molecule has 0 aliphatic carbocycles. The van der Waals surface area contributed by atoms with Gasteiger partial charge in [0, 0.05) is 25.2 Å². The minimum absolute atomic E-state index is 0.0424. The van der Waals surface area contributed by atoms with Crippen molar-refractivity contribution in [3.05, 3.63) is 52.1 Å². The van der Waals surface area contributed by atoms with Gasteiger partial charge in [-0.05, 0) is 49.7 Å². The maximum Gasteiger partial charge on any atom is 0.308 e. The highest BCUT2D eigenvalue weighted by Gasteiger charge is 2.22. The summed E-state index contributed by atoms with van der Waals surface area (Å²) in [5.41, 5.74) is 1.79. The van der Waals surface area contributed by atoms with E-state index in [4.69, 9.17) is 0 Å². The fraction of sp³-hybridized carbons (Fsp3) is 0.263. The molecule has 146 valence electrons. The van der Waals surface area contributed by atoms with Crippen LogP contribution < -0.4 is 14.5 Å². The number of nitrogens with zero attached hydrogens (tertiary/aromatic N) is 2. The second kappa shape index (κ2) is 7.06. The third kappa shape index (κ3) is 3.31. The van der Waals surface area contributed by atoms with Crippen LogP contribution in [0.15, 0.2) is 52.2 Å². The molecule has 1 aliphatic rings. The largest absolute Gasteiger partial charge is 0.312 e. The summed E-state index contributed by atoms with van der Waals surface area (Å²) >= 11 is 1.03. The van der Waals surface area contributed by atoms with Gasteiger partial charge in [0.2, 0.25) is 5.91 Å². The van der Waals surface area contributed by atoms with Crippen LogP contribution in [-0.2, 0) is 21.4 Å². The zero-order valence-electron chi connectivity index (χ0n) is 15.2. The molecule has 28 heavy (non-hydrogen) atoms. The van der Waals surface area contributed by atoms with E-state index in [0.29, 0.717) is 35.6 Å². The smallest absolute Gasteiger partial charge is 0.308 e. The number of sulfonamides is 1. The summed E-state index contributed by atoms with van der Waals surface area (Å²) in [6.07, 6.45) is 1.31. The van der Waals surface area contributed by atoms with E-state index < -0.39 is 10.0 Å². The van der Waals surface area contributed by atoms with Crippen LogP contribution in [0.5, 0.6) is 0 Å². The van der Waals surface area contributed by atoms with E-state index >= 15 is 0 Å². The lowest BCUT2D eigenvalue weighted by Crippen LogP contribution is -2.23. The summed E-state index contributed by atoms with van der Waals surface area (Å²) in [7, 11) is -3.83. The second-order valence-electron chi connectivity index (χ2n) is 6.55. The van der Waals surface area contributed by atoms with Crippen LogP contribution in [0.3, 0.4) is 0 Å². The molecular formula is C19H19N3O4S2. The lowest BCUT2D eigenvalue weighted by atomic mass is 10.2. The van der Waals surface area contributed by atoms with E-state index in [0.717, 1.165) is 23.3 Å². The zero-order chi connectivity index (χ0) is 19.9. The number of fused-ring (bicyclic) bond motifs is 1. The van der Waals surface area contributed by atoms with E-state index in [1.54, 1.807) is 39.8 Å². The molecular weight excluding hydrogens is 398 g/mol. The Bertz CT molecular complexity index is 1230. The number of anilines is 2. The number of thiazole rings is 1. The summed E-state index contributed by atoms with van der Waals surface area (Å²) in [4.78, 5) is 25.6. The van der Waals surface area contributed by atoms with E-state index in [9.17, 15) is 18.0 Å². The number of hydrogen-bond donors (Lipinski definition) is 1. The standard InChI is InChI=1S/C19H19N3O4S2/c1-2-21-16-9-8-15(12-17(16)27-19(21)24)28(25,26)20-13-5-3-6-14(11-13)22-10-4-7-18(22)23/h3,5-6,8-9,11-12,20H,2,4,7,10H2,1H3. The Kier molecular flexibility index (Phi) is 4.72. The van der Waals surface area contributed by atoms with E-state index in [2.05, 4.69) is 4.72 Å². The van der Waals surface area contributed by atoms with Gasteiger partial charge in [0.05, 0.1) is 20.8 Å². The summed E-state index contributed by atoms with van der Waals surface area (Å²) < 4.78 is 30.5. The Balaban J connectivity index is 1.65. The van der Waals surface area contributed by atoms with Gasteiger partial charge < -0.3 is 4.90 Å². The highest BCUT2D eigenvalue weighted by molar-refractivity contribution is 7.92. The Morgan fingerprint density at radius 1 is 1.14 bits per heavy atom. The molecule has 9 heteroatoms. The first-order valence-electron chi connectivity index (χ1n) is 8.96. The first kappa shape index (κ1) is 18.7. The first-order chi connectivity index (χ1) is 13.4. The fourth-order valence-electron chi connectivity index (χ4n) is 3.39. The van der Waals surface area contributed by atoms with Crippen LogP contribution in [0.1, 0.15) is 19.8 Å². The average molecular weight is 418 g/mol. The van der Waals surface area contributed by atoms with Gasteiger partial charge in [0.1, 0.15) is 0 Å². The lowest BCUT2D eigenvalue weighted by molar-refractivity contribution is -0.117. The van der Waals surface area contributed by atoms with Crippen molar-refractivity contribution in [2.75, 3.05) is 16.2 Å². The van der Waals surface area contributed by atoms with E-state index in [1.807, 2.05) is 6.92 Å². The maximum atomic E-state index is 12.8. The molecule has 4 rings (SSSR count). The minimum atomic E-state index is -3.83. The summed E-state index contributed by atoms with van der Waals surface area (Å²) in [5.74, 6) is 0.0424. The van der Waals surface area contributed by atoms with Crippen molar-refractivity contribution in [1.29, 1.82) is 0 Å². The molecule has 2 heterocycles. The quantitative estimate of drug-likeness (QED) is 0.691. The number of carbonyl (C=O) groups excluding carboxylic acids is 1. The number of carbonyl (C=O) groups is 1. The molecule has 1 fully saturated rings. The molecule has 0 saturated carbocycles. The molecule has 1 aromatic heterocycles. The van der Waals surface area contributed by atoms with Crippen molar-refractivity contribution in [3.63, 3.8) is 0 Å². The van der Waals surface area contributed by atoms with Crippen LogP contribution in [0, 0.1) is 0 Å². The van der Waals surface area contributed by atoms with Crippen molar-refractivity contribution < 1.29 is 13.2 Å². The fourth-order valence-corrected chi connectivity index (χ4v) is 5.53. The monoisotopic (exact) mass is 417 g/mol. The Morgan fingerprint density at radius 3 is 2.68 bits per heavy atom. The van der Waals surface area contributed by atoms with Crippen molar-refractivity contribution in [2.45, 2.75) is 31.2 Å². The highest BCUT2D eigenvalue weighted by Crippen LogP contribution is 2.27. The molecule has 3 aromatic rings. The molecule has 2 aromatic carbocycles. The number of benzene rings is 2. The van der Waals surface area contributed by atoms with Crippen molar-refractivity contribution in [2.24, 2.45) is 0 Å². The number of aryl methyl sites for hydroxylation is 1. The van der Waals surface area contributed by atoms with Gasteiger partial charge in [-0.1, -0.05) is 17.4 Å².